The van der Waals surface area contributed by atoms with Gasteiger partial charge in [-0.25, -0.2) is 0 Å². The fraction of sp³-hybridized carbons (Fsp3) is 0.500. The molecule has 2 nitrogen and oxygen atoms in total. The molecule has 2 heterocycles. The van der Waals surface area contributed by atoms with E-state index in [1.54, 1.807) is 6.07 Å². The smallest absolute Gasteiger partial charge is 0.419 e. The summed E-state index contributed by atoms with van der Waals surface area (Å²) in [7, 11) is 1.28. The summed E-state index contributed by atoms with van der Waals surface area (Å²) in [6.45, 7) is 0. The minimum Gasteiger partial charge on any atom is -0.496 e. The van der Waals surface area contributed by atoms with Crippen molar-refractivity contribution < 1.29 is 17.9 Å². The van der Waals surface area contributed by atoms with Gasteiger partial charge in [0.2, 0.25) is 0 Å². The van der Waals surface area contributed by atoms with E-state index >= 15 is 0 Å². The molecule has 2 unspecified atom stereocenters. The standard InChI is InChI=1S/C16H18F3NO/c1-21-15-9-10(5-6-14(15)16(17,18)19)11-7-12-3-2-4-13(8-11)20-12/h5-7,9,12-13,20H,2-4,8H2,1H3. The van der Waals surface area contributed by atoms with E-state index in [1.807, 2.05) is 0 Å². The molecule has 0 spiro atoms. The van der Waals surface area contributed by atoms with Crippen LogP contribution >= 0.6 is 0 Å². The zero-order chi connectivity index (χ0) is 15.0. The predicted molar refractivity (Wildman–Crippen MR) is 75.2 cm³/mol. The summed E-state index contributed by atoms with van der Waals surface area (Å²) in [5, 5.41) is 3.53. The van der Waals surface area contributed by atoms with Gasteiger partial charge in [0.1, 0.15) is 5.75 Å². The molecule has 1 aromatic carbocycles. The maximum Gasteiger partial charge on any atom is 0.419 e. The molecule has 2 bridgehead atoms. The second-order valence-electron chi connectivity index (χ2n) is 5.71. The molecule has 21 heavy (non-hydrogen) atoms. The molecule has 114 valence electrons. The van der Waals surface area contributed by atoms with Crippen molar-refractivity contribution in [2.75, 3.05) is 7.11 Å². The minimum atomic E-state index is -4.39. The van der Waals surface area contributed by atoms with E-state index in [1.165, 1.54) is 19.6 Å². The fourth-order valence-electron chi connectivity index (χ4n) is 3.26. The third-order valence-electron chi connectivity index (χ3n) is 4.26. The number of benzene rings is 1. The van der Waals surface area contributed by atoms with Crippen LogP contribution in [-0.4, -0.2) is 19.2 Å². The Kier molecular flexibility index (Phi) is 3.69. The topological polar surface area (TPSA) is 21.3 Å². The number of ether oxygens (including phenoxy) is 1. The van der Waals surface area contributed by atoms with Gasteiger partial charge in [-0.3, -0.25) is 0 Å². The van der Waals surface area contributed by atoms with E-state index in [0.29, 0.717) is 12.1 Å². The van der Waals surface area contributed by atoms with Crippen LogP contribution in [0.2, 0.25) is 0 Å². The zero-order valence-electron chi connectivity index (χ0n) is 11.8. The number of rotatable bonds is 2. The fourth-order valence-corrected chi connectivity index (χ4v) is 3.26. The van der Waals surface area contributed by atoms with Crippen molar-refractivity contribution in [1.29, 1.82) is 0 Å². The van der Waals surface area contributed by atoms with Gasteiger partial charge in [-0.15, -0.1) is 0 Å². The summed E-state index contributed by atoms with van der Waals surface area (Å²) < 4.78 is 43.6. The summed E-state index contributed by atoms with van der Waals surface area (Å²) in [6, 6.07) is 4.97. The number of methoxy groups -OCH3 is 1. The van der Waals surface area contributed by atoms with Crippen molar-refractivity contribution >= 4 is 5.57 Å². The summed E-state index contributed by atoms with van der Waals surface area (Å²) in [5.74, 6) is -0.107. The molecule has 2 aliphatic rings. The first-order valence-electron chi connectivity index (χ1n) is 7.20. The van der Waals surface area contributed by atoms with Crippen LogP contribution in [0.3, 0.4) is 0 Å². The Morgan fingerprint density at radius 3 is 2.71 bits per heavy atom. The second-order valence-corrected chi connectivity index (χ2v) is 5.71. The second kappa shape index (κ2) is 5.37. The van der Waals surface area contributed by atoms with E-state index in [4.69, 9.17) is 4.74 Å². The highest BCUT2D eigenvalue weighted by atomic mass is 19.4. The van der Waals surface area contributed by atoms with Crippen molar-refractivity contribution in [1.82, 2.24) is 5.32 Å². The summed E-state index contributed by atoms with van der Waals surface area (Å²) in [5.41, 5.74) is 1.23. The number of alkyl halides is 3. The molecular weight excluding hydrogens is 279 g/mol. The highest BCUT2D eigenvalue weighted by Crippen LogP contribution is 2.39. The summed E-state index contributed by atoms with van der Waals surface area (Å²) >= 11 is 0. The first-order valence-corrected chi connectivity index (χ1v) is 7.20. The van der Waals surface area contributed by atoms with E-state index in [2.05, 4.69) is 11.4 Å². The van der Waals surface area contributed by atoms with Crippen LogP contribution in [-0.2, 0) is 6.18 Å². The van der Waals surface area contributed by atoms with E-state index in [-0.39, 0.29) is 5.75 Å². The lowest BCUT2D eigenvalue weighted by atomic mass is 9.84. The third-order valence-corrected chi connectivity index (χ3v) is 4.26. The molecule has 0 aliphatic carbocycles. The van der Waals surface area contributed by atoms with Gasteiger partial charge in [0.15, 0.2) is 0 Å². The lowest BCUT2D eigenvalue weighted by molar-refractivity contribution is -0.138. The maximum atomic E-state index is 12.9. The van der Waals surface area contributed by atoms with Gasteiger partial charge in [0.05, 0.1) is 12.7 Å². The molecule has 0 aromatic heterocycles. The Morgan fingerprint density at radius 1 is 1.24 bits per heavy atom. The Balaban J connectivity index is 1.95. The van der Waals surface area contributed by atoms with Crippen LogP contribution in [0.1, 0.15) is 36.8 Å². The third kappa shape index (κ3) is 2.93. The van der Waals surface area contributed by atoms with E-state index in [9.17, 15) is 13.2 Å². The molecule has 0 radical (unpaired) electrons. The van der Waals surface area contributed by atoms with Gasteiger partial charge < -0.3 is 10.1 Å². The average Bonchev–Trinajstić information content (AvgIpc) is 2.45. The first kappa shape index (κ1) is 14.4. The number of hydrogen-bond acceptors (Lipinski definition) is 2. The molecule has 1 saturated heterocycles. The Hall–Kier alpha value is -1.49. The lowest BCUT2D eigenvalue weighted by Crippen LogP contribution is -2.44. The van der Waals surface area contributed by atoms with Gasteiger partial charge in [0, 0.05) is 12.1 Å². The van der Waals surface area contributed by atoms with Crippen molar-refractivity contribution in [3.05, 3.63) is 35.4 Å². The molecule has 1 aromatic rings. The summed E-state index contributed by atoms with van der Waals surface area (Å²) in [4.78, 5) is 0. The van der Waals surface area contributed by atoms with Gasteiger partial charge >= 0.3 is 6.18 Å². The molecule has 1 fully saturated rings. The van der Waals surface area contributed by atoms with Crippen LogP contribution in [0.4, 0.5) is 13.2 Å². The molecule has 2 aliphatic heterocycles. The number of halogens is 3. The first-order chi connectivity index (χ1) is 9.97. The molecule has 5 heteroatoms. The molecular formula is C16H18F3NO. The average molecular weight is 297 g/mol. The van der Waals surface area contributed by atoms with Crippen molar-refractivity contribution in [2.45, 2.75) is 43.9 Å². The van der Waals surface area contributed by atoms with E-state index in [0.717, 1.165) is 36.5 Å². The minimum absolute atomic E-state index is 0.107. The van der Waals surface area contributed by atoms with Crippen LogP contribution in [0.5, 0.6) is 5.75 Å². The Labute approximate surface area is 122 Å². The Morgan fingerprint density at radius 2 is 2.05 bits per heavy atom. The molecule has 3 rings (SSSR count). The molecule has 0 saturated carbocycles. The predicted octanol–water partition coefficient (Wildman–Crippen LogP) is 4.01. The van der Waals surface area contributed by atoms with Crippen LogP contribution in [0, 0.1) is 0 Å². The SMILES string of the molecule is COc1cc(C2=CC3CCCC(C2)N3)ccc1C(F)(F)F. The quantitative estimate of drug-likeness (QED) is 0.890. The van der Waals surface area contributed by atoms with Crippen molar-refractivity contribution in [3.63, 3.8) is 0 Å². The summed E-state index contributed by atoms with van der Waals surface area (Å²) in [6.07, 6.45) is 2.07. The monoisotopic (exact) mass is 297 g/mol. The Bertz CT molecular complexity index is 565. The van der Waals surface area contributed by atoms with E-state index < -0.39 is 11.7 Å². The van der Waals surface area contributed by atoms with Crippen molar-refractivity contribution in [3.8, 4) is 5.75 Å². The van der Waals surface area contributed by atoms with Gasteiger partial charge in [-0.1, -0.05) is 18.6 Å². The lowest BCUT2D eigenvalue weighted by Gasteiger charge is -2.35. The maximum absolute atomic E-state index is 12.9. The number of fused-ring (bicyclic) bond motifs is 2. The molecule has 2 atom stereocenters. The highest BCUT2D eigenvalue weighted by Gasteiger charge is 2.34. The highest BCUT2D eigenvalue weighted by molar-refractivity contribution is 5.69. The van der Waals surface area contributed by atoms with Gasteiger partial charge in [0.25, 0.3) is 0 Å². The zero-order valence-corrected chi connectivity index (χ0v) is 11.8. The van der Waals surface area contributed by atoms with Crippen molar-refractivity contribution in [2.24, 2.45) is 0 Å². The molecule has 1 N–H and O–H groups in total. The largest absolute Gasteiger partial charge is 0.496 e. The number of piperidine rings is 1. The molecule has 0 amide bonds. The van der Waals surface area contributed by atoms with Crippen LogP contribution in [0.15, 0.2) is 24.3 Å². The normalized spacial score (nSPS) is 25.4. The number of hydrogen-bond donors (Lipinski definition) is 1. The van der Waals surface area contributed by atoms with Gasteiger partial charge in [-0.2, -0.15) is 13.2 Å². The van der Waals surface area contributed by atoms with Crippen LogP contribution < -0.4 is 10.1 Å². The van der Waals surface area contributed by atoms with Crippen LogP contribution in [0.25, 0.3) is 5.57 Å². The van der Waals surface area contributed by atoms with Gasteiger partial charge in [-0.05, 0) is 42.5 Å². The number of nitrogens with one attached hydrogen (secondary N) is 1.